The molecule has 0 rings (SSSR count). The molecule has 1 nitrogen and oxygen atoms in total. The first-order valence-electron chi connectivity index (χ1n) is 2.76. The molecule has 0 aromatic carbocycles. The number of hydrogen-bond donors (Lipinski definition) is 1. The number of rotatable bonds is 2. The van der Waals surface area contributed by atoms with Crippen molar-refractivity contribution in [2.24, 2.45) is 5.73 Å². The van der Waals surface area contributed by atoms with Crippen molar-refractivity contribution in [3.8, 4) is 0 Å². The van der Waals surface area contributed by atoms with Crippen LogP contribution in [0.1, 0.15) is 20.3 Å². The average Bonchev–Trinajstić information content (AvgIpc) is 1.30. The van der Waals surface area contributed by atoms with Crippen molar-refractivity contribution >= 4 is 24.4 Å². The summed E-state index contributed by atoms with van der Waals surface area (Å²) in [7, 11) is 0. The van der Waals surface area contributed by atoms with Crippen LogP contribution in [0.25, 0.3) is 0 Å². The van der Waals surface area contributed by atoms with Gasteiger partial charge < -0.3 is 0 Å². The molecule has 0 saturated heterocycles. The van der Waals surface area contributed by atoms with Gasteiger partial charge in [-0.25, -0.2) is 0 Å². The fraction of sp³-hybridized carbons (Fsp3) is 1.00. The van der Waals surface area contributed by atoms with E-state index in [1.165, 1.54) is 6.42 Å². The van der Waals surface area contributed by atoms with Gasteiger partial charge >= 0.3 is 60.1 Å². The van der Waals surface area contributed by atoms with Crippen LogP contribution in [-0.2, 0) is 0 Å². The Kier molecular flexibility index (Phi) is 3.33. The van der Waals surface area contributed by atoms with Gasteiger partial charge in [0.15, 0.2) is 0 Å². The molecule has 0 aliphatic rings. The molecule has 2 N–H and O–H groups in total. The summed E-state index contributed by atoms with van der Waals surface area (Å²) in [5, 5.41) is 0. The van der Waals surface area contributed by atoms with Gasteiger partial charge in [0.25, 0.3) is 0 Å². The Bertz CT molecular complexity index is 46.5. The van der Waals surface area contributed by atoms with Crippen LogP contribution in [0.2, 0.25) is 3.17 Å². The van der Waals surface area contributed by atoms with Crippen molar-refractivity contribution in [1.29, 1.82) is 0 Å². The fourth-order valence-electron chi connectivity index (χ4n) is 0.433. The van der Waals surface area contributed by atoms with E-state index in [-0.39, 0.29) is 0 Å². The van der Waals surface area contributed by atoms with Gasteiger partial charge in [-0.15, -0.1) is 0 Å². The summed E-state index contributed by atoms with van der Waals surface area (Å²) < 4.78 is 0.635. The molecule has 0 saturated carbocycles. The second-order valence-electron chi connectivity index (χ2n) is 3.10. The van der Waals surface area contributed by atoms with E-state index in [4.69, 9.17) is 5.73 Å². The Hall–Kier alpha value is 0.830. The van der Waals surface area contributed by atoms with Crippen molar-refractivity contribution in [2.75, 3.05) is 6.54 Å². The van der Waals surface area contributed by atoms with E-state index in [1.54, 1.807) is 0 Å². The summed E-state index contributed by atoms with van der Waals surface area (Å²) in [5.41, 5.74) is 5.35. The topological polar surface area (TPSA) is 26.0 Å². The summed E-state index contributed by atoms with van der Waals surface area (Å²) in [6.45, 7) is 5.44. The van der Waals surface area contributed by atoms with Gasteiger partial charge in [0.2, 0.25) is 0 Å². The van der Waals surface area contributed by atoms with Gasteiger partial charge in [-0.2, -0.15) is 0 Å². The monoisotopic (exact) mass is 203 g/mol. The molecule has 0 unspecified atom stereocenters. The summed E-state index contributed by atoms with van der Waals surface area (Å²) in [5.74, 6) is 0. The molecular formula is C5H14InN. The predicted molar refractivity (Wildman–Crippen MR) is 36.3 cm³/mol. The first-order valence-corrected chi connectivity index (χ1v) is 5.62. The van der Waals surface area contributed by atoms with Crippen LogP contribution in [0.15, 0.2) is 0 Å². The SMILES string of the molecule is C[C](C)([InH2])CCN. The Morgan fingerprint density at radius 2 is 2.00 bits per heavy atom. The van der Waals surface area contributed by atoms with Gasteiger partial charge in [-0.1, -0.05) is 0 Å². The van der Waals surface area contributed by atoms with Crippen LogP contribution in [0.4, 0.5) is 0 Å². The number of hydrogen-bond acceptors (Lipinski definition) is 1. The van der Waals surface area contributed by atoms with Crippen molar-refractivity contribution in [1.82, 2.24) is 0 Å². The molecule has 0 fully saturated rings. The number of nitrogens with two attached hydrogens (primary N) is 1. The van der Waals surface area contributed by atoms with Crippen molar-refractivity contribution in [3.05, 3.63) is 0 Å². The molecule has 0 heterocycles. The van der Waals surface area contributed by atoms with Gasteiger partial charge in [-0.3, -0.25) is 0 Å². The summed E-state index contributed by atoms with van der Waals surface area (Å²) >= 11 is 0.778. The van der Waals surface area contributed by atoms with Crippen molar-refractivity contribution < 1.29 is 0 Å². The van der Waals surface area contributed by atoms with E-state index in [0.29, 0.717) is 3.17 Å². The van der Waals surface area contributed by atoms with Crippen molar-refractivity contribution in [2.45, 2.75) is 23.4 Å². The zero-order chi connectivity index (χ0) is 5.91. The Labute approximate surface area is 60.2 Å². The Morgan fingerprint density at radius 1 is 1.57 bits per heavy atom. The van der Waals surface area contributed by atoms with Crippen LogP contribution in [0.5, 0.6) is 0 Å². The van der Waals surface area contributed by atoms with E-state index in [1.807, 2.05) is 0 Å². The fourth-order valence-corrected chi connectivity index (χ4v) is 1.26. The first-order chi connectivity index (χ1) is 3.06. The van der Waals surface area contributed by atoms with Crippen molar-refractivity contribution in [3.63, 3.8) is 0 Å². The first kappa shape index (κ1) is 7.83. The Balaban J connectivity index is 3.15. The molecule has 0 spiro atoms. The third-order valence-electron chi connectivity index (χ3n) is 0.894. The summed E-state index contributed by atoms with van der Waals surface area (Å²) in [6, 6.07) is 0. The molecule has 0 atom stereocenters. The van der Waals surface area contributed by atoms with Crippen LogP contribution < -0.4 is 5.73 Å². The third-order valence-corrected chi connectivity index (χ3v) is 2.32. The summed E-state index contributed by atoms with van der Waals surface area (Å²) in [4.78, 5) is 0. The molecular weight excluding hydrogens is 189 g/mol. The maximum atomic E-state index is 5.35. The molecule has 0 aromatic rings. The molecule has 7 heavy (non-hydrogen) atoms. The standard InChI is InChI=1S/C5H12N.In.2H/c1-5(2)3-4-6;;;/h3-4,6H2,1-2H3;;;. The van der Waals surface area contributed by atoms with Gasteiger partial charge in [0.05, 0.1) is 0 Å². The van der Waals surface area contributed by atoms with E-state index in [2.05, 4.69) is 13.8 Å². The molecule has 2 heteroatoms. The van der Waals surface area contributed by atoms with Crippen LogP contribution in [-0.4, -0.2) is 30.9 Å². The molecule has 0 aliphatic heterocycles. The summed E-state index contributed by atoms with van der Waals surface area (Å²) in [6.07, 6.45) is 1.21. The molecule has 42 valence electrons. The van der Waals surface area contributed by atoms with Crippen LogP contribution >= 0.6 is 0 Å². The molecule has 0 aliphatic carbocycles. The third kappa shape index (κ3) is 6.83. The van der Waals surface area contributed by atoms with E-state index < -0.39 is 0 Å². The van der Waals surface area contributed by atoms with E-state index in [9.17, 15) is 0 Å². The van der Waals surface area contributed by atoms with Crippen LogP contribution in [0, 0.1) is 0 Å². The van der Waals surface area contributed by atoms with E-state index >= 15 is 0 Å². The second kappa shape index (κ2) is 2.98. The average molecular weight is 203 g/mol. The van der Waals surface area contributed by atoms with E-state index in [0.717, 1.165) is 30.9 Å². The zero-order valence-electron chi connectivity index (χ0n) is 5.49. The molecule has 0 aromatic heterocycles. The van der Waals surface area contributed by atoms with Gasteiger partial charge in [0.1, 0.15) is 0 Å². The molecule has 0 bridgehead atoms. The minimum absolute atomic E-state index is 0.635. The quantitative estimate of drug-likeness (QED) is 0.679. The minimum atomic E-state index is 0.635. The normalized spacial score (nSPS) is 11.9. The zero-order valence-corrected chi connectivity index (χ0v) is 11.2. The van der Waals surface area contributed by atoms with Gasteiger partial charge in [-0.05, 0) is 0 Å². The molecule has 0 amide bonds. The van der Waals surface area contributed by atoms with Crippen LogP contribution in [0.3, 0.4) is 0 Å². The van der Waals surface area contributed by atoms with Gasteiger partial charge in [0, 0.05) is 0 Å². The Morgan fingerprint density at radius 3 is 2.00 bits per heavy atom. The maximum absolute atomic E-state index is 5.35. The predicted octanol–water partition coefficient (Wildman–Crippen LogP) is 0.167. The molecule has 0 radical (unpaired) electrons. The second-order valence-corrected chi connectivity index (χ2v) is 10.8.